The highest BCUT2D eigenvalue weighted by molar-refractivity contribution is 6.30. The number of halogens is 1. The van der Waals surface area contributed by atoms with Gasteiger partial charge in [-0.25, -0.2) is 0 Å². The van der Waals surface area contributed by atoms with Crippen LogP contribution in [0.5, 0.6) is 0 Å². The van der Waals surface area contributed by atoms with Crippen LogP contribution in [0.4, 0.5) is 0 Å². The molecule has 0 saturated carbocycles. The molecule has 0 aromatic heterocycles. The smallest absolute Gasteiger partial charge is 0.191 e. The number of guanidine groups is 1. The van der Waals surface area contributed by atoms with Gasteiger partial charge in [0.2, 0.25) is 0 Å². The van der Waals surface area contributed by atoms with Crippen molar-refractivity contribution >= 4 is 17.6 Å². The molecule has 5 heteroatoms. The highest BCUT2D eigenvalue weighted by Crippen LogP contribution is 2.25. The summed E-state index contributed by atoms with van der Waals surface area (Å²) in [6.07, 6.45) is 0. The van der Waals surface area contributed by atoms with Crippen LogP contribution in [-0.2, 0) is 10.2 Å². The summed E-state index contributed by atoms with van der Waals surface area (Å²) in [5, 5.41) is 0.751. The van der Waals surface area contributed by atoms with Gasteiger partial charge in [-0.05, 0) is 17.7 Å². The van der Waals surface area contributed by atoms with Crippen LogP contribution in [0.15, 0.2) is 29.3 Å². The van der Waals surface area contributed by atoms with Crippen molar-refractivity contribution in [1.29, 1.82) is 0 Å². The molecule has 2 N–H and O–H groups in total. The third kappa shape index (κ3) is 3.87. The maximum Gasteiger partial charge on any atom is 0.191 e. The molecule has 1 heterocycles. The number of hydrogen-bond acceptors (Lipinski definition) is 2. The summed E-state index contributed by atoms with van der Waals surface area (Å²) in [6.45, 7) is 8.04. The van der Waals surface area contributed by atoms with Crippen LogP contribution < -0.4 is 5.73 Å². The Morgan fingerprint density at radius 3 is 2.50 bits per heavy atom. The minimum atomic E-state index is -0.0680. The van der Waals surface area contributed by atoms with E-state index in [0.29, 0.717) is 12.5 Å². The highest BCUT2D eigenvalue weighted by Gasteiger charge is 2.21. The molecule has 0 amide bonds. The van der Waals surface area contributed by atoms with Crippen LogP contribution in [0.3, 0.4) is 0 Å². The van der Waals surface area contributed by atoms with E-state index in [4.69, 9.17) is 22.1 Å². The third-order valence-electron chi connectivity index (χ3n) is 3.60. The number of morpholine rings is 1. The van der Waals surface area contributed by atoms with Gasteiger partial charge in [0.15, 0.2) is 5.96 Å². The predicted octanol–water partition coefficient (Wildman–Crippen LogP) is 2.26. The van der Waals surface area contributed by atoms with E-state index in [2.05, 4.69) is 23.7 Å². The van der Waals surface area contributed by atoms with Crippen molar-refractivity contribution in [3.63, 3.8) is 0 Å². The van der Waals surface area contributed by atoms with Crippen molar-refractivity contribution in [2.75, 3.05) is 32.8 Å². The van der Waals surface area contributed by atoms with E-state index in [1.807, 2.05) is 24.3 Å². The van der Waals surface area contributed by atoms with Crippen LogP contribution >= 0.6 is 11.6 Å². The van der Waals surface area contributed by atoms with Crippen LogP contribution in [0.2, 0.25) is 5.02 Å². The first-order valence-corrected chi connectivity index (χ1v) is 7.25. The van der Waals surface area contributed by atoms with Crippen LogP contribution in [0, 0.1) is 0 Å². The molecule has 1 saturated heterocycles. The van der Waals surface area contributed by atoms with E-state index in [-0.39, 0.29) is 5.41 Å². The van der Waals surface area contributed by atoms with Gasteiger partial charge >= 0.3 is 0 Å². The largest absolute Gasteiger partial charge is 0.378 e. The summed E-state index contributed by atoms with van der Waals surface area (Å²) in [7, 11) is 0. The zero-order chi connectivity index (χ0) is 14.6. The summed E-state index contributed by atoms with van der Waals surface area (Å²) >= 11 is 5.92. The molecule has 2 rings (SSSR count). The van der Waals surface area contributed by atoms with Gasteiger partial charge in [-0.15, -0.1) is 0 Å². The molecule has 1 aromatic carbocycles. The van der Waals surface area contributed by atoms with Gasteiger partial charge in [0, 0.05) is 23.5 Å². The molecule has 20 heavy (non-hydrogen) atoms. The van der Waals surface area contributed by atoms with Crippen LogP contribution in [0.1, 0.15) is 19.4 Å². The zero-order valence-corrected chi connectivity index (χ0v) is 12.9. The summed E-state index contributed by atoms with van der Waals surface area (Å²) in [5.41, 5.74) is 7.20. The van der Waals surface area contributed by atoms with Gasteiger partial charge in [-0.1, -0.05) is 37.6 Å². The summed E-state index contributed by atoms with van der Waals surface area (Å²) in [4.78, 5) is 6.62. The van der Waals surface area contributed by atoms with E-state index in [9.17, 15) is 0 Å². The first-order valence-electron chi connectivity index (χ1n) is 6.88. The van der Waals surface area contributed by atoms with Gasteiger partial charge in [0.1, 0.15) is 0 Å². The summed E-state index contributed by atoms with van der Waals surface area (Å²) < 4.78 is 5.31. The number of hydrogen-bond donors (Lipinski definition) is 1. The van der Waals surface area contributed by atoms with Gasteiger partial charge < -0.3 is 15.4 Å². The number of ether oxygens (including phenoxy) is 1. The average molecular weight is 296 g/mol. The Hall–Kier alpha value is -1.26. The molecule has 0 bridgehead atoms. The average Bonchev–Trinajstić information content (AvgIpc) is 2.46. The predicted molar refractivity (Wildman–Crippen MR) is 83.4 cm³/mol. The number of nitrogens with zero attached hydrogens (tertiary/aromatic N) is 2. The Labute approximate surface area is 125 Å². The van der Waals surface area contributed by atoms with Crippen molar-refractivity contribution in [2.24, 2.45) is 10.7 Å². The second-order valence-corrected chi connectivity index (χ2v) is 6.10. The van der Waals surface area contributed by atoms with Crippen molar-refractivity contribution in [3.8, 4) is 0 Å². The lowest BCUT2D eigenvalue weighted by molar-refractivity contribution is 0.0674. The lowest BCUT2D eigenvalue weighted by Crippen LogP contribution is -2.45. The van der Waals surface area contributed by atoms with Gasteiger partial charge in [0.05, 0.1) is 19.8 Å². The second kappa shape index (κ2) is 6.46. The third-order valence-corrected chi connectivity index (χ3v) is 3.85. The molecule has 1 aliphatic heterocycles. The first kappa shape index (κ1) is 15.1. The van der Waals surface area contributed by atoms with Crippen molar-refractivity contribution in [1.82, 2.24) is 4.90 Å². The fraction of sp³-hybridized carbons (Fsp3) is 0.533. The summed E-state index contributed by atoms with van der Waals surface area (Å²) in [6, 6.07) is 7.91. The van der Waals surface area contributed by atoms with Crippen molar-refractivity contribution in [3.05, 3.63) is 34.9 Å². The lowest BCUT2D eigenvalue weighted by Gasteiger charge is -2.29. The molecule has 0 spiro atoms. The SMILES string of the molecule is CC(C)(CN=C(N)N1CCOCC1)c1ccc(Cl)cc1. The normalized spacial score (nSPS) is 17.4. The first-order chi connectivity index (χ1) is 9.49. The Balaban J connectivity index is 2.01. The molecule has 0 unspecified atom stereocenters. The number of aliphatic imine (C=N–C) groups is 1. The Bertz CT molecular complexity index is 465. The van der Waals surface area contributed by atoms with E-state index < -0.39 is 0 Å². The number of rotatable bonds is 3. The summed E-state index contributed by atoms with van der Waals surface area (Å²) in [5.74, 6) is 0.607. The van der Waals surface area contributed by atoms with Gasteiger partial charge in [-0.3, -0.25) is 4.99 Å². The standard InChI is InChI=1S/C15H22ClN3O/c1-15(2,12-3-5-13(16)6-4-12)11-18-14(17)19-7-9-20-10-8-19/h3-6H,7-11H2,1-2H3,(H2,17,18). The molecule has 0 radical (unpaired) electrons. The van der Waals surface area contributed by atoms with Crippen molar-refractivity contribution in [2.45, 2.75) is 19.3 Å². The van der Waals surface area contributed by atoms with Crippen molar-refractivity contribution < 1.29 is 4.74 Å². The maximum atomic E-state index is 6.06. The molecule has 0 aliphatic carbocycles. The van der Waals surface area contributed by atoms with E-state index in [1.165, 1.54) is 5.56 Å². The van der Waals surface area contributed by atoms with E-state index >= 15 is 0 Å². The maximum absolute atomic E-state index is 6.06. The zero-order valence-electron chi connectivity index (χ0n) is 12.1. The van der Waals surface area contributed by atoms with E-state index in [1.54, 1.807) is 0 Å². The molecule has 1 aromatic rings. The molecule has 1 fully saturated rings. The van der Waals surface area contributed by atoms with Gasteiger partial charge in [0.25, 0.3) is 0 Å². The highest BCUT2D eigenvalue weighted by atomic mass is 35.5. The molecule has 0 atom stereocenters. The Kier molecular flexibility index (Phi) is 4.89. The van der Waals surface area contributed by atoms with E-state index in [0.717, 1.165) is 31.3 Å². The number of benzene rings is 1. The fourth-order valence-corrected chi connectivity index (χ4v) is 2.29. The minimum Gasteiger partial charge on any atom is -0.378 e. The van der Waals surface area contributed by atoms with Crippen LogP contribution in [0.25, 0.3) is 0 Å². The molecular formula is C15H22ClN3O. The quantitative estimate of drug-likeness (QED) is 0.687. The Morgan fingerprint density at radius 1 is 1.30 bits per heavy atom. The second-order valence-electron chi connectivity index (χ2n) is 5.66. The molecule has 1 aliphatic rings. The molecule has 110 valence electrons. The molecular weight excluding hydrogens is 274 g/mol. The number of nitrogens with two attached hydrogens (primary N) is 1. The topological polar surface area (TPSA) is 50.8 Å². The fourth-order valence-electron chi connectivity index (χ4n) is 2.16. The molecule has 4 nitrogen and oxygen atoms in total. The van der Waals surface area contributed by atoms with Gasteiger partial charge in [-0.2, -0.15) is 0 Å². The lowest BCUT2D eigenvalue weighted by atomic mass is 9.85. The van der Waals surface area contributed by atoms with Crippen LogP contribution in [-0.4, -0.2) is 43.7 Å². The minimum absolute atomic E-state index is 0.0680. The monoisotopic (exact) mass is 295 g/mol. The Morgan fingerprint density at radius 2 is 1.90 bits per heavy atom.